The maximum absolute atomic E-state index is 13.3. The Hall–Kier alpha value is -3.19. The highest BCUT2D eigenvalue weighted by Crippen LogP contribution is 2.37. The van der Waals surface area contributed by atoms with Crippen LogP contribution < -0.4 is 9.47 Å². The summed E-state index contributed by atoms with van der Waals surface area (Å²) in [7, 11) is 2.88. The molecule has 7 nitrogen and oxygen atoms in total. The van der Waals surface area contributed by atoms with Gasteiger partial charge in [-0.1, -0.05) is 18.5 Å². The zero-order valence-electron chi connectivity index (χ0n) is 18.3. The molecule has 1 aliphatic heterocycles. The number of hydrogen-bond donors (Lipinski definition) is 1. The number of aromatic amines is 1. The summed E-state index contributed by atoms with van der Waals surface area (Å²) in [6, 6.07) is 8.70. The van der Waals surface area contributed by atoms with Crippen molar-refractivity contribution in [3.8, 4) is 11.5 Å². The highest BCUT2D eigenvalue weighted by Gasteiger charge is 2.27. The number of carbonyl (C=O) groups excluding carboxylic acids is 2. The maximum atomic E-state index is 13.3. The van der Waals surface area contributed by atoms with E-state index in [1.807, 2.05) is 19.1 Å². The van der Waals surface area contributed by atoms with Crippen LogP contribution in [0, 0.1) is 0 Å². The summed E-state index contributed by atoms with van der Waals surface area (Å²) in [5.74, 6) is 0.344. The van der Waals surface area contributed by atoms with Crippen LogP contribution in [0.2, 0.25) is 5.02 Å². The highest BCUT2D eigenvalue weighted by atomic mass is 35.5. The standard InChI is InChI=1S/C24H25ClN2O5/c1-4-9-32-22-18(25)11-15(12-21(22)30-2)23(28)27-8-7-20-17(13-27)16-10-14(24(29)31-3)5-6-19(16)26-20/h5-6,10-12,26H,4,7-9,13H2,1-3H3. The number of benzene rings is 2. The number of nitrogens with zero attached hydrogens (tertiary/aromatic N) is 1. The summed E-state index contributed by atoms with van der Waals surface area (Å²) in [4.78, 5) is 30.5. The Kier molecular flexibility index (Phi) is 6.28. The average molecular weight is 457 g/mol. The van der Waals surface area contributed by atoms with Crippen molar-refractivity contribution in [2.24, 2.45) is 0 Å². The fourth-order valence-corrected chi connectivity index (χ4v) is 4.27. The van der Waals surface area contributed by atoms with Gasteiger partial charge < -0.3 is 24.1 Å². The number of nitrogens with one attached hydrogen (secondary N) is 1. The Morgan fingerprint density at radius 3 is 2.69 bits per heavy atom. The Labute approximate surface area is 191 Å². The van der Waals surface area contributed by atoms with Gasteiger partial charge in [0.1, 0.15) is 0 Å². The number of fused-ring (bicyclic) bond motifs is 3. The first-order valence-electron chi connectivity index (χ1n) is 10.5. The van der Waals surface area contributed by atoms with Crippen LogP contribution in [0.5, 0.6) is 11.5 Å². The summed E-state index contributed by atoms with van der Waals surface area (Å²) in [5, 5.41) is 1.26. The predicted octanol–water partition coefficient (Wildman–Crippen LogP) is 4.60. The number of methoxy groups -OCH3 is 2. The molecule has 0 fully saturated rings. The van der Waals surface area contributed by atoms with E-state index in [2.05, 4.69) is 4.98 Å². The normalized spacial score (nSPS) is 13.1. The van der Waals surface area contributed by atoms with E-state index in [1.54, 1.807) is 23.1 Å². The molecule has 0 aliphatic carbocycles. The molecule has 0 atom stereocenters. The second-order valence-electron chi connectivity index (χ2n) is 7.65. The van der Waals surface area contributed by atoms with E-state index in [0.717, 1.165) is 28.6 Å². The number of halogens is 1. The molecular formula is C24H25ClN2O5. The second-order valence-corrected chi connectivity index (χ2v) is 8.06. The Balaban J connectivity index is 1.64. The minimum absolute atomic E-state index is 0.142. The van der Waals surface area contributed by atoms with Gasteiger partial charge in [-0.05, 0) is 36.8 Å². The first-order valence-corrected chi connectivity index (χ1v) is 10.9. The monoisotopic (exact) mass is 456 g/mol. The molecule has 2 aromatic carbocycles. The van der Waals surface area contributed by atoms with E-state index < -0.39 is 5.97 Å². The van der Waals surface area contributed by atoms with E-state index in [9.17, 15) is 9.59 Å². The van der Waals surface area contributed by atoms with Gasteiger partial charge in [0.25, 0.3) is 5.91 Å². The molecule has 1 aromatic heterocycles. The summed E-state index contributed by atoms with van der Waals surface area (Å²) in [5.41, 5.74) is 3.93. The summed E-state index contributed by atoms with van der Waals surface area (Å²) < 4.78 is 16.0. The van der Waals surface area contributed by atoms with Crippen molar-refractivity contribution in [3.63, 3.8) is 0 Å². The Bertz CT molecular complexity index is 1190. The minimum Gasteiger partial charge on any atom is -0.493 e. The predicted molar refractivity (Wildman–Crippen MR) is 122 cm³/mol. The van der Waals surface area contributed by atoms with Crippen LogP contribution in [-0.2, 0) is 17.7 Å². The molecular weight excluding hydrogens is 432 g/mol. The molecule has 0 saturated carbocycles. The Morgan fingerprint density at radius 2 is 1.97 bits per heavy atom. The third-order valence-electron chi connectivity index (χ3n) is 5.61. The fourth-order valence-electron chi connectivity index (χ4n) is 4.00. The molecule has 0 unspecified atom stereocenters. The smallest absolute Gasteiger partial charge is 0.337 e. The van der Waals surface area contributed by atoms with Crippen molar-refractivity contribution in [1.82, 2.24) is 9.88 Å². The number of aromatic nitrogens is 1. The number of esters is 1. The lowest BCUT2D eigenvalue weighted by atomic mass is 10.0. The largest absolute Gasteiger partial charge is 0.493 e. The van der Waals surface area contributed by atoms with Gasteiger partial charge in [0.2, 0.25) is 0 Å². The van der Waals surface area contributed by atoms with E-state index in [0.29, 0.717) is 53.8 Å². The molecule has 1 N–H and O–H groups in total. The number of carbonyl (C=O) groups is 2. The number of rotatable bonds is 6. The van der Waals surface area contributed by atoms with Gasteiger partial charge in [0, 0.05) is 47.2 Å². The number of ether oxygens (including phenoxy) is 3. The van der Waals surface area contributed by atoms with Crippen molar-refractivity contribution >= 4 is 34.4 Å². The van der Waals surface area contributed by atoms with Crippen LogP contribution in [-0.4, -0.2) is 49.1 Å². The van der Waals surface area contributed by atoms with Crippen LogP contribution in [0.1, 0.15) is 45.3 Å². The molecule has 0 spiro atoms. The molecule has 2 heterocycles. The molecule has 0 radical (unpaired) electrons. The number of hydrogen-bond acceptors (Lipinski definition) is 5. The van der Waals surface area contributed by atoms with Gasteiger partial charge in [-0.3, -0.25) is 4.79 Å². The first-order chi connectivity index (χ1) is 15.5. The SMILES string of the molecule is CCCOc1c(Cl)cc(C(=O)N2CCc3[nH]c4ccc(C(=O)OC)cc4c3C2)cc1OC. The van der Waals surface area contributed by atoms with Crippen LogP contribution in [0.3, 0.4) is 0 Å². The number of amides is 1. The highest BCUT2D eigenvalue weighted by molar-refractivity contribution is 6.32. The molecule has 168 valence electrons. The fraction of sp³-hybridized carbons (Fsp3) is 0.333. The van der Waals surface area contributed by atoms with Gasteiger partial charge in [-0.15, -0.1) is 0 Å². The third-order valence-corrected chi connectivity index (χ3v) is 5.89. The maximum Gasteiger partial charge on any atom is 0.337 e. The molecule has 3 aromatic rings. The van der Waals surface area contributed by atoms with Crippen molar-refractivity contribution < 1.29 is 23.8 Å². The first kappa shape index (κ1) is 22.0. The van der Waals surface area contributed by atoms with E-state index in [-0.39, 0.29) is 5.91 Å². The van der Waals surface area contributed by atoms with Gasteiger partial charge in [0.15, 0.2) is 11.5 Å². The lowest BCUT2D eigenvalue weighted by Crippen LogP contribution is -2.35. The molecule has 1 amide bonds. The van der Waals surface area contributed by atoms with Crippen LogP contribution >= 0.6 is 11.6 Å². The number of H-pyrrole nitrogens is 1. The average Bonchev–Trinajstić information content (AvgIpc) is 3.18. The molecule has 8 heteroatoms. The third kappa shape index (κ3) is 4.00. The topological polar surface area (TPSA) is 80.9 Å². The molecule has 32 heavy (non-hydrogen) atoms. The summed E-state index contributed by atoms with van der Waals surface area (Å²) in [6.07, 6.45) is 1.52. The van der Waals surface area contributed by atoms with E-state index in [1.165, 1.54) is 14.2 Å². The zero-order valence-corrected chi connectivity index (χ0v) is 19.0. The van der Waals surface area contributed by atoms with E-state index >= 15 is 0 Å². The molecule has 0 saturated heterocycles. The zero-order chi connectivity index (χ0) is 22.8. The van der Waals surface area contributed by atoms with Gasteiger partial charge in [-0.2, -0.15) is 0 Å². The van der Waals surface area contributed by atoms with Crippen LogP contribution in [0.15, 0.2) is 30.3 Å². The van der Waals surface area contributed by atoms with Gasteiger partial charge in [0.05, 0.1) is 31.4 Å². The Morgan fingerprint density at radius 1 is 1.16 bits per heavy atom. The lowest BCUT2D eigenvalue weighted by Gasteiger charge is -2.28. The van der Waals surface area contributed by atoms with Crippen LogP contribution in [0.25, 0.3) is 10.9 Å². The van der Waals surface area contributed by atoms with E-state index in [4.69, 9.17) is 25.8 Å². The van der Waals surface area contributed by atoms with Crippen molar-refractivity contribution in [3.05, 3.63) is 57.7 Å². The second kappa shape index (κ2) is 9.12. The lowest BCUT2D eigenvalue weighted by molar-refractivity contribution is 0.0600. The quantitative estimate of drug-likeness (QED) is 0.548. The van der Waals surface area contributed by atoms with Gasteiger partial charge >= 0.3 is 5.97 Å². The van der Waals surface area contributed by atoms with Gasteiger partial charge in [-0.25, -0.2) is 4.79 Å². The molecule has 0 bridgehead atoms. The molecule has 4 rings (SSSR count). The molecule has 1 aliphatic rings. The van der Waals surface area contributed by atoms with Crippen molar-refractivity contribution in [2.75, 3.05) is 27.4 Å². The van der Waals surface area contributed by atoms with Crippen LogP contribution in [0.4, 0.5) is 0 Å². The minimum atomic E-state index is -0.391. The summed E-state index contributed by atoms with van der Waals surface area (Å²) in [6.45, 7) is 3.50. The van der Waals surface area contributed by atoms with Crippen molar-refractivity contribution in [1.29, 1.82) is 0 Å². The summed E-state index contributed by atoms with van der Waals surface area (Å²) >= 11 is 6.41. The van der Waals surface area contributed by atoms with Crippen molar-refractivity contribution in [2.45, 2.75) is 26.3 Å².